The summed E-state index contributed by atoms with van der Waals surface area (Å²) in [5.41, 5.74) is -0.350. The lowest BCUT2D eigenvalue weighted by Gasteiger charge is -2.28. The molecule has 1 N–H and O–H groups in total. The quantitative estimate of drug-likeness (QED) is 0.917. The molecule has 2 rings (SSSR count). The van der Waals surface area contributed by atoms with Crippen LogP contribution in [0.3, 0.4) is 0 Å². The van der Waals surface area contributed by atoms with E-state index in [1.165, 1.54) is 6.07 Å². The summed E-state index contributed by atoms with van der Waals surface area (Å²) < 4.78 is 27.6. The molecule has 0 radical (unpaired) electrons. The van der Waals surface area contributed by atoms with Gasteiger partial charge in [-0.1, -0.05) is 18.9 Å². The van der Waals surface area contributed by atoms with Gasteiger partial charge in [0.05, 0.1) is 5.56 Å². The zero-order valence-electron chi connectivity index (χ0n) is 10.6. The third-order valence-electron chi connectivity index (χ3n) is 3.51. The Labute approximate surface area is 110 Å². The Morgan fingerprint density at radius 3 is 2.11 bits per heavy atom. The first-order valence-electron chi connectivity index (χ1n) is 6.52. The van der Waals surface area contributed by atoms with E-state index in [9.17, 15) is 18.7 Å². The highest BCUT2D eigenvalue weighted by molar-refractivity contribution is 5.75. The maximum Gasteiger partial charge on any atom is 0.325 e. The van der Waals surface area contributed by atoms with Crippen LogP contribution in [0.5, 0.6) is 0 Å². The monoisotopic (exact) mass is 269 g/mol. The summed E-state index contributed by atoms with van der Waals surface area (Å²) in [6, 6.07) is 2.22. The van der Waals surface area contributed by atoms with Gasteiger partial charge in [0, 0.05) is 0 Å². The Morgan fingerprint density at radius 1 is 1.11 bits per heavy atom. The summed E-state index contributed by atoms with van der Waals surface area (Å²) in [6.07, 6.45) is 3.78. The number of nitrogens with zero attached hydrogens (tertiary/aromatic N) is 1. The second-order valence-corrected chi connectivity index (χ2v) is 4.83. The number of carboxylic acid groups (broad SMARTS) is 1. The van der Waals surface area contributed by atoms with Crippen LogP contribution in [0.25, 0.3) is 0 Å². The summed E-state index contributed by atoms with van der Waals surface area (Å²) in [5.74, 6) is -2.79. The van der Waals surface area contributed by atoms with Crippen molar-refractivity contribution in [2.75, 3.05) is 13.1 Å². The van der Waals surface area contributed by atoms with Crippen molar-refractivity contribution in [2.45, 2.75) is 31.7 Å². The van der Waals surface area contributed by atoms with Crippen molar-refractivity contribution in [3.8, 4) is 0 Å². The van der Waals surface area contributed by atoms with Crippen molar-refractivity contribution in [1.82, 2.24) is 4.90 Å². The lowest BCUT2D eigenvalue weighted by atomic mass is 10.0. The molecule has 0 spiro atoms. The number of likely N-dealkylation sites (tertiary alicyclic amines) is 1. The largest absolute Gasteiger partial charge is 0.480 e. The number of hydrogen-bond donors (Lipinski definition) is 1. The molecule has 5 heteroatoms. The Balaban J connectivity index is 2.36. The number of carbonyl (C=O) groups is 1. The van der Waals surface area contributed by atoms with Crippen LogP contribution in [-0.2, 0) is 4.79 Å². The molecule has 1 atom stereocenters. The minimum atomic E-state index is -1.24. The Morgan fingerprint density at radius 2 is 1.63 bits per heavy atom. The minimum absolute atomic E-state index is 0.350. The van der Waals surface area contributed by atoms with Crippen molar-refractivity contribution < 1.29 is 18.7 Å². The van der Waals surface area contributed by atoms with E-state index >= 15 is 0 Å². The molecule has 1 aromatic carbocycles. The van der Waals surface area contributed by atoms with Crippen LogP contribution in [-0.4, -0.2) is 29.1 Å². The lowest BCUT2D eigenvalue weighted by Crippen LogP contribution is -2.36. The number of rotatable bonds is 3. The number of halogens is 2. The van der Waals surface area contributed by atoms with Crippen molar-refractivity contribution in [3.05, 3.63) is 35.4 Å². The number of benzene rings is 1. The summed E-state index contributed by atoms with van der Waals surface area (Å²) in [5, 5.41) is 9.34. The Kier molecular flexibility index (Phi) is 4.47. The third-order valence-corrected chi connectivity index (χ3v) is 3.51. The molecular weight excluding hydrogens is 252 g/mol. The van der Waals surface area contributed by atoms with Gasteiger partial charge >= 0.3 is 5.97 Å². The molecule has 19 heavy (non-hydrogen) atoms. The molecular formula is C14H17F2NO2. The molecule has 0 aliphatic carbocycles. The van der Waals surface area contributed by atoms with Gasteiger partial charge in [-0.15, -0.1) is 0 Å². The van der Waals surface area contributed by atoms with Gasteiger partial charge in [-0.3, -0.25) is 9.69 Å². The Hall–Kier alpha value is -1.49. The van der Waals surface area contributed by atoms with E-state index < -0.39 is 23.6 Å². The minimum Gasteiger partial charge on any atom is -0.480 e. The van der Waals surface area contributed by atoms with Crippen LogP contribution >= 0.6 is 0 Å². The molecule has 1 saturated heterocycles. The molecule has 1 aromatic rings. The fourth-order valence-electron chi connectivity index (χ4n) is 2.59. The van der Waals surface area contributed by atoms with Gasteiger partial charge in [0.1, 0.15) is 17.7 Å². The average molecular weight is 269 g/mol. The third kappa shape index (κ3) is 3.10. The standard InChI is InChI=1S/C14H17F2NO2/c15-10-6-5-7-11(16)12(10)13(14(18)19)17-8-3-1-2-4-9-17/h5-7,13H,1-4,8-9H2,(H,18,19). The summed E-state index contributed by atoms with van der Waals surface area (Å²) >= 11 is 0. The second kappa shape index (κ2) is 6.10. The van der Waals surface area contributed by atoms with Crippen LogP contribution in [0.1, 0.15) is 37.3 Å². The fraction of sp³-hybridized carbons (Fsp3) is 0.500. The van der Waals surface area contributed by atoms with E-state index in [0.717, 1.165) is 37.8 Å². The van der Waals surface area contributed by atoms with Gasteiger partial charge < -0.3 is 5.11 Å². The maximum atomic E-state index is 13.8. The first-order valence-corrected chi connectivity index (χ1v) is 6.52. The topological polar surface area (TPSA) is 40.5 Å². The maximum absolute atomic E-state index is 13.8. The highest BCUT2D eigenvalue weighted by atomic mass is 19.1. The van der Waals surface area contributed by atoms with Crippen molar-refractivity contribution in [2.24, 2.45) is 0 Å². The SMILES string of the molecule is O=C(O)C(c1c(F)cccc1F)N1CCCCCC1. The van der Waals surface area contributed by atoms with Crippen LogP contribution in [0.2, 0.25) is 0 Å². The predicted molar refractivity (Wildman–Crippen MR) is 66.8 cm³/mol. The first-order chi connectivity index (χ1) is 9.11. The van der Waals surface area contributed by atoms with Gasteiger partial charge in [-0.2, -0.15) is 0 Å². The van der Waals surface area contributed by atoms with Gasteiger partial charge in [-0.25, -0.2) is 8.78 Å². The van der Waals surface area contributed by atoms with Gasteiger partial charge in [0.25, 0.3) is 0 Å². The number of carboxylic acids is 1. The molecule has 0 aromatic heterocycles. The second-order valence-electron chi connectivity index (χ2n) is 4.83. The van der Waals surface area contributed by atoms with E-state index in [1.807, 2.05) is 0 Å². The molecule has 0 bridgehead atoms. The zero-order valence-corrected chi connectivity index (χ0v) is 10.6. The molecule has 0 saturated carbocycles. The summed E-state index contributed by atoms with van der Waals surface area (Å²) in [4.78, 5) is 13.1. The molecule has 1 aliphatic rings. The van der Waals surface area contributed by atoms with Crippen molar-refractivity contribution in [3.63, 3.8) is 0 Å². The average Bonchev–Trinajstić information content (AvgIpc) is 2.62. The number of aliphatic carboxylic acids is 1. The normalized spacial score (nSPS) is 18.8. The molecule has 1 heterocycles. The predicted octanol–water partition coefficient (Wildman–Crippen LogP) is 2.97. The smallest absolute Gasteiger partial charge is 0.325 e. The summed E-state index contributed by atoms with van der Waals surface area (Å²) in [6.45, 7) is 1.12. The van der Waals surface area contributed by atoms with Crippen molar-refractivity contribution >= 4 is 5.97 Å². The van der Waals surface area contributed by atoms with Gasteiger partial charge in [0.15, 0.2) is 0 Å². The van der Waals surface area contributed by atoms with Crippen LogP contribution in [0, 0.1) is 11.6 Å². The van der Waals surface area contributed by atoms with Gasteiger partial charge in [0.2, 0.25) is 0 Å². The van der Waals surface area contributed by atoms with E-state index in [2.05, 4.69) is 0 Å². The van der Waals surface area contributed by atoms with Crippen LogP contribution < -0.4 is 0 Å². The highest BCUT2D eigenvalue weighted by Crippen LogP contribution is 2.28. The molecule has 3 nitrogen and oxygen atoms in total. The van der Waals surface area contributed by atoms with E-state index in [-0.39, 0.29) is 5.56 Å². The molecule has 1 fully saturated rings. The Bertz CT molecular complexity index is 437. The fourth-order valence-corrected chi connectivity index (χ4v) is 2.59. The molecule has 1 aliphatic heterocycles. The van der Waals surface area contributed by atoms with E-state index in [0.29, 0.717) is 13.1 Å². The van der Waals surface area contributed by atoms with E-state index in [4.69, 9.17) is 0 Å². The van der Waals surface area contributed by atoms with E-state index in [1.54, 1.807) is 4.90 Å². The van der Waals surface area contributed by atoms with Crippen LogP contribution in [0.4, 0.5) is 8.78 Å². The van der Waals surface area contributed by atoms with Gasteiger partial charge in [-0.05, 0) is 38.1 Å². The molecule has 0 amide bonds. The van der Waals surface area contributed by atoms with Crippen molar-refractivity contribution in [1.29, 1.82) is 0 Å². The molecule has 104 valence electrons. The first kappa shape index (κ1) is 13.9. The lowest BCUT2D eigenvalue weighted by molar-refractivity contribution is -0.143. The summed E-state index contributed by atoms with van der Waals surface area (Å²) in [7, 11) is 0. The van der Waals surface area contributed by atoms with Crippen LogP contribution in [0.15, 0.2) is 18.2 Å². The molecule has 1 unspecified atom stereocenters. The number of hydrogen-bond acceptors (Lipinski definition) is 2. The zero-order chi connectivity index (χ0) is 13.8. The highest BCUT2D eigenvalue weighted by Gasteiger charge is 2.32.